The van der Waals surface area contributed by atoms with Gasteiger partial charge in [-0.05, 0) is 18.6 Å². The Balaban J connectivity index is 1.92. The number of ether oxygens (including phenoxy) is 1. The van der Waals surface area contributed by atoms with Gasteiger partial charge in [0.1, 0.15) is 5.75 Å². The van der Waals surface area contributed by atoms with Crippen molar-refractivity contribution < 1.29 is 17.9 Å². The molecule has 2 aliphatic rings. The number of amidine groups is 1. The van der Waals surface area contributed by atoms with Gasteiger partial charge in [-0.1, -0.05) is 43.7 Å². The number of para-hydroxylation sites is 2. The second kappa shape index (κ2) is 8.00. The number of rotatable bonds is 6. The highest BCUT2D eigenvalue weighted by Gasteiger charge is 2.49. The molecule has 2 heterocycles. The molecular weight excluding hydrogens is 372 g/mol. The molecule has 142 valence electrons. The van der Waals surface area contributed by atoms with Crippen molar-refractivity contribution in [1.29, 1.82) is 0 Å². The molecule has 0 bridgehead atoms. The molecule has 0 radical (unpaired) electrons. The summed E-state index contributed by atoms with van der Waals surface area (Å²) in [6.45, 7) is 2.09. The third-order valence-electron chi connectivity index (χ3n) is 4.63. The van der Waals surface area contributed by atoms with E-state index in [1.54, 1.807) is 7.11 Å². The third kappa shape index (κ3) is 4.06. The van der Waals surface area contributed by atoms with Gasteiger partial charge < -0.3 is 9.64 Å². The molecule has 0 aliphatic carbocycles. The first kappa shape index (κ1) is 19.2. The summed E-state index contributed by atoms with van der Waals surface area (Å²) in [6.07, 6.45) is 3.30. The summed E-state index contributed by atoms with van der Waals surface area (Å²) >= 11 is 1.39. The molecule has 2 aliphatic heterocycles. The lowest BCUT2D eigenvalue weighted by Crippen LogP contribution is -2.38. The first-order chi connectivity index (χ1) is 12.4. The highest BCUT2D eigenvalue weighted by Crippen LogP contribution is 2.43. The highest BCUT2D eigenvalue weighted by molar-refractivity contribution is 8.16. The maximum atomic E-state index is 12.3. The molecule has 0 N–H and O–H groups in total. The van der Waals surface area contributed by atoms with Gasteiger partial charge in [0.05, 0.1) is 30.3 Å². The molecule has 0 saturated carbocycles. The van der Waals surface area contributed by atoms with E-state index < -0.39 is 9.84 Å². The van der Waals surface area contributed by atoms with Gasteiger partial charge in [0.15, 0.2) is 15.0 Å². The van der Waals surface area contributed by atoms with Gasteiger partial charge in [0.2, 0.25) is 5.91 Å². The van der Waals surface area contributed by atoms with Crippen LogP contribution in [0.5, 0.6) is 5.75 Å². The number of hydrogen-bond donors (Lipinski definition) is 0. The zero-order valence-electron chi connectivity index (χ0n) is 15.1. The molecule has 1 aromatic rings. The number of amides is 1. The number of methoxy groups -OCH3 is 1. The topological polar surface area (TPSA) is 76.0 Å². The summed E-state index contributed by atoms with van der Waals surface area (Å²) in [5.41, 5.74) is 0.757. The van der Waals surface area contributed by atoms with Gasteiger partial charge in [0.25, 0.3) is 0 Å². The Kier molecular flexibility index (Phi) is 5.92. The predicted molar refractivity (Wildman–Crippen MR) is 106 cm³/mol. The summed E-state index contributed by atoms with van der Waals surface area (Å²) in [4.78, 5) is 18.5. The second-order valence-corrected chi connectivity index (χ2v) is 9.95. The number of carbonyl (C=O) groups excluding carboxylic acids is 1. The van der Waals surface area contributed by atoms with Crippen molar-refractivity contribution >= 4 is 38.4 Å². The molecule has 2 fully saturated rings. The van der Waals surface area contributed by atoms with Gasteiger partial charge in [-0.3, -0.25) is 4.79 Å². The maximum Gasteiger partial charge on any atom is 0.248 e. The summed E-state index contributed by atoms with van der Waals surface area (Å²) in [5, 5.41) is 0.480. The van der Waals surface area contributed by atoms with Crippen LogP contribution in [0.3, 0.4) is 0 Å². The van der Waals surface area contributed by atoms with E-state index in [1.807, 2.05) is 29.2 Å². The highest BCUT2D eigenvalue weighted by atomic mass is 32.2. The number of benzene rings is 1. The Morgan fingerprint density at radius 2 is 2.08 bits per heavy atom. The number of aliphatic imine (C=N–C) groups is 1. The standard InChI is InChI=1S/C18H24N2O4S2/c1-3-4-5-10-17(21)19-18-20(13-8-6-7-9-15(13)24-2)14-11-26(22,23)12-16(14)25-18/h6-9,14,16H,3-5,10-12H2,1-2H3. The lowest BCUT2D eigenvalue weighted by Gasteiger charge is -2.26. The fourth-order valence-electron chi connectivity index (χ4n) is 3.36. The molecule has 2 atom stereocenters. The fourth-order valence-corrected chi connectivity index (χ4v) is 7.29. The Bertz CT molecular complexity index is 807. The molecule has 0 aromatic heterocycles. The van der Waals surface area contributed by atoms with Gasteiger partial charge in [-0.2, -0.15) is 4.99 Å². The molecule has 8 heteroatoms. The Morgan fingerprint density at radius 3 is 2.81 bits per heavy atom. The SMILES string of the molecule is CCCCCC(=O)N=C1SC2CS(=O)(=O)CC2N1c1ccccc1OC. The van der Waals surface area contributed by atoms with Crippen molar-refractivity contribution in [2.24, 2.45) is 4.99 Å². The van der Waals surface area contributed by atoms with Crippen molar-refractivity contribution in [3.05, 3.63) is 24.3 Å². The molecule has 6 nitrogen and oxygen atoms in total. The largest absolute Gasteiger partial charge is 0.495 e. The Hall–Kier alpha value is -1.54. The lowest BCUT2D eigenvalue weighted by molar-refractivity contribution is -0.117. The molecule has 1 amide bonds. The van der Waals surface area contributed by atoms with E-state index in [4.69, 9.17) is 4.74 Å². The average molecular weight is 397 g/mol. The number of nitrogens with zero attached hydrogens (tertiary/aromatic N) is 2. The van der Waals surface area contributed by atoms with Crippen LogP contribution >= 0.6 is 11.8 Å². The number of fused-ring (bicyclic) bond motifs is 1. The number of sulfone groups is 1. The maximum absolute atomic E-state index is 12.3. The van der Waals surface area contributed by atoms with Crippen LogP contribution in [0, 0.1) is 0 Å². The number of anilines is 1. The van der Waals surface area contributed by atoms with E-state index in [2.05, 4.69) is 11.9 Å². The van der Waals surface area contributed by atoms with E-state index in [1.165, 1.54) is 11.8 Å². The number of hydrogen-bond acceptors (Lipinski definition) is 5. The number of unbranched alkanes of at least 4 members (excludes halogenated alkanes) is 2. The van der Waals surface area contributed by atoms with E-state index in [9.17, 15) is 13.2 Å². The molecular formula is C18H24N2O4S2. The molecule has 3 rings (SSSR count). The quantitative estimate of drug-likeness (QED) is 0.688. The Morgan fingerprint density at radius 1 is 1.31 bits per heavy atom. The van der Waals surface area contributed by atoms with Gasteiger partial charge in [0, 0.05) is 11.7 Å². The van der Waals surface area contributed by atoms with Gasteiger partial charge in [-0.25, -0.2) is 8.42 Å². The van der Waals surface area contributed by atoms with Crippen LogP contribution in [0.15, 0.2) is 29.3 Å². The van der Waals surface area contributed by atoms with Crippen molar-refractivity contribution in [3.63, 3.8) is 0 Å². The smallest absolute Gasteiger partial charge is 0.248 e. The average Bonchev–Trinajstić information content (AvgIpc) is 3.05. The number of carbonyl (C=O) groups is 1. The van der Waals surface area contributed by atoms with E-state index in [0.29, 0.717) is 17.3 Å². The third-order valence-corrected chi connectivity index (χ3v) is 7.84. The zero-order valence-corrected chi connectivity index (χ0v) is 16.7. The van der Waals surface area contributed by atoms with E-state index in [0.717, 1.165) is 24.9 Å². The minimum absolute atomic E-state index is 0.0752. The monoisotopic (exact) mass is 396 g/mol. The molecule has 2 saturated heterocycles. The lowest BCUT2D eigenvalue weighted by atomic mass is 10.2. The van der Waals surface area contributed by atoms with Crippen LogP contribution in [0.4, 0.5) is 5.69 Å². The van der Waals surface area contributed by atoms with E-state index >= 15 is 0 Å². The molecule has 26 heavy (non-hydrogen) atoms. The van der Waals surface area contributed by atoms with Crippen LogP contribution < -0.4 is 9.64 Å². The van der Waals surface area contributed by atoms with Crippen molar-refractivity contribution in [2.45, 2.75) is 43.9 Å². The summed E-state index contributed by atoms with van der Waals surface area (Å²) in [6, 6.07) is 7.23. The molecule has 0 spiro atoms. The zero-order chi connectivity index (χ0) is 18.7. The Labute approximate surface area is 158 Å². The first-order valence-corrected chi connectivity index (χ1v) is 11.6. The predicted octanol–water partition coefficient (Wildman–Crippen LogP) is 2.88. The van der Waals surface area contributed by atoms with Gasteiger partial charge in [-0.15, -0.1) is 0 Å². The van der Waals surface area contributed by atoms with Crippen LogP contribution in [0.25, 0.3) is 0 Å². The van der Waals surface area contributed by atoms with Crippen molar-refractivity contribution in [3.8, 4) is 5.75 Å². The summed E-state index contributed by atoms with van der Waals surface area (Å²) in [5.74, 6) is 0.691. The van der Waals surface area contributed by atoms with E-state index in [-0.39, 0.29) is 28.7 Å². The minimum Gasteiger partial charge on any atom is -0.495 e. The first-order valence-electron chi connectivity index (χ1n) is 8.86. The van der Waals surface area contributed by atoms with Crippen LogP contribution in [-0.4, -0.2) is 49.4 Å². The minimum atomic E-state index is -3.08. The van der Waals surface area contributed by atoms with Crippen molar-refractivity contribution in [2.75, 3.05) is 23.5 Å². The van der Waals surface area contributed by atoms with Crippen LogP contribution in [0.1, 0.15) is 32.6 Å². The summed E-state index contributed by atoms with van der Waals surface area (Å²) in [7, 11) is -1.50. The molecule has 1 aromatic carbocycles. The van der Waals surface area contributed by atoms with Gasteiger partial charge >= 0.3 is 0 Å². The van der Waals surface area contributed by atoms with Crippen LogP contribution in [-0.2, 0) is 14.6 Å². The van der Waals surface area contributed by atoms with Crippen molar-refractivity contribution in [1.82, 2.24) is 0 Å². The summed E-state index contributed by atoms with van der Waals surface area (Å²) < 4.78 is 29.7. The fraction of sp³-hybridized carbons (Fsp3) is 0.556. The number of thioether (sulfide) groups is 1. The van der Waals surface area contributed by atoms with Crippen LogP contribution in [0.2, 0.25) is 0 Å². The second-order valence-electron chi connectivity index (χ2n) is 6.59. The molecule has 2 unspecified atom stereocenters. The normalized spacial score (nSPS) is 25.5.